The van der Waals surface area contributed by atoms with E-state index in [0.717, 1.165) is 29.1 Å². The molecule has 0 aliphatic heterocycles. The molecule has 1 aromatic carbocycles. The first kappa shape index (κ1) is 12.7. The number of hydrogen-bond donors (Lipinski definition) is 1. The minimum Gasteiger partial charge on any atom is -0.360 e. The number of hydrogen-bond acceptors (Lipinski definition) is 4. The highest BCUT2D eigenvalue weighted by Gasteiger charge is 2.06. The number of allylic oxidation sites excluding steroid dienone is 1. The van der Waals surface area contributed by atoms with Crippen LogP contribution >= 0.6 is 0 Å². The van der Waals surface area contributed by atoms with Gasteiger partial charge in [-0.1, -0.05) is 0 Å². The van der Waals surface area contributed by atoms with E-state index >= 15 is 0 Å². The Balaban J connectivity index is 2.36. The van der Waals surface area contributed by atoms with Crippen LogP contribution in [0.2, 0.25) is 0 Å². The van der Waals surface area contributed by atoms with Crippen LogP contribution in [0.3, 0.4) is 0 Å². The van der Waals surface area contributed by atoms with Gasteiger partial charge in [-0.15, -0.1) is 0 Å². The van der Waals surface area contributed by atoms with Crippen molar-refractivity contribution in [2.24, 2.45) is 0 Å². The molecule has 1 heterocycles. The van der Waals surface area contributed by atoms with Crippen molar-refractivity contribution in [3.8, 4) is 12.1 Å². The number of nitriles is 2. The van der Waals surface area contributed by atoms with Gasteiger partial charge in [0, 0.05) is 18.4 Å². The fourth-order valence-corrected chi connectivity index (χ4v) is 1.98. The van der Waals surface area contributed by atoms with Gasteiger partial charge >= 0.3 is 0 Å². The van der Waals surface area contributed by atoms with Crippen LogP contribution in [0.25, 0.3) is 11.0 Å². The molecular weight excluding hydrogens is 238 g/mol. The number of nitrogens with zero attached hydrogens (tertiary/aromatic N) is 4. The van der Waals surface area contributed by atoms with E-state index in [4.69, 9.17) is 10.5 Å². The smallest absolute Gasteiger partial charge is 0.145 e. The van der Waals surface area contributed by atoms with Crippen molar-refractivity contribution < 1.29 is 0 Å². The maximum Gasteiger partial charge on any atom is 0.145 e. The number of imidazole rings is 1. The van der Waals surface area contributed by atoms with Gasteiger partial charge in [0.25, 0.3) is 0 Å². The van der Waals surface area contributed by atoms with Gasteiger partial charge in [0.05, 0.1) is 11.0 Å². The van der Waals surface area contributed by atoms with Crippen molar-refractivity contribution in [2.45, 2.75) is 20.4 Å². The fraction of sp³-hybridized carbons (Fsp3) is 0.214. The normalized spacial score (nSPS) is 9.68. The third-order valence-corrected chi connectivity index (χ3v) is 2.88. The molecule has 0 radical (unpaired) electrons. The summed E-state index contributed by atoms with van der Waals surface area (Å²) in [7, 11) is 0. The zero-order valence-corrected chi connectivity index (χ0v) is 10.8. The molecule has 94 valence electrons. The van der Waals surface area contributed by atoms with Crippen LogP contribution in [0.4, 0.5) is 5.69 Å². The van der Waals surface area contributed by atoms with Gasteiger partial charge in [-0.05, 0) is 32.0 Å². The van der Waals surface area contributed by atoms with Gasteiger partial charge in [-0.2, -0.15) is 10.5 Å². The van der Waals surface area contributed by atoms with Gasteiger partial charge in [0.15, 0.2) is 0 Å². The molecule has 0 amide bonds. The third kappa shape index (κ3) is 2.41. The molecule has 5 heteroatoms. The topological polar surface area (TPSA) is 77.4 Å². The Labute approximate surface area is 111 Å². The molecule has 0 saturated heterocycles. The lowest BCUT2D eigenvalue weighted by Crippen LogP contribution is -1.96. The molecule has 2 rings (SSSR count). The molecule has 0 saturated carbocycles. The van der Waals surface area contributed by atoms with Gasteiger partial charge < -0.3 is 9.88 Å². The molecule has 19 heavy (non-hydrogen) atoms. The first-order valence-electron chi connectivity index (χ1n) is 5.93. The van der Waals surface area contributed by atoms with E-state index in [0.29, 0.717) is 0 Å². The van der Waals surface area contributed by atoms with E-state index in [1.54, 1.807) is 12.1 Å². The minimum atomic E-state index is 0.0374. The lowest BCUT2D eigenvalue weighted by molar-refractivity contribution is 0.753. The van der Waals surface area contributed by atoms with E-state index in [1.807, 2.05) is 25.1 Å². The summed E-state index contributed by atoms with van der Waals surface area (Å²) in [5.74, 6) is 0.972. The lowest BCUT2D eigenvalue weighted by atomic mass is 10.2. The first-order valence-corrected chi connectivity index (χ1v) is 5.93. The summed E-state index contributed by atoms with van der Waals surface area (Å²) in [4.78, 5) is 4.48. The average Bonchev–Trinajstić information content (AvgIpc) is 2.74. The number of fused-ring (bicyclic) bond motifs is 1. The summed E-state index contributed by atoms with van der Waals surface area (Å²) in [6, 6.07) is 9.38. The Bertz CT molecular complexity index is 709. The summed E-state index contributed by atoms with van der Waals surface area (Å²) in [6.45, 7) is 4.93. The van der Waals surface area contributed by atoms with E-state index < -0.39 is 0 Å². The fourth-order valence-electron chi connectivity index (χ4n) is 1.98. The van der Waals surface area contributed by atoms with Crippen LogP contribution in [0.1, 0.15) is 12.7 Å². The Hall–Kier alpha value is -2.79. The Kier molecular flexibility index (Phi) is 3.49. The van der Waals surface area contributed by atoms with Crippen LogP contribution in [-0.4, -0.2) is 9.55 Å². The van der Waals surface area contributed by atoms with E-state index in [-0.39, 0.29) is 5.57 Å². The molecule has 0 aliphatic carbocycles. The zero-order valence-electron chi connectivity index (χ0n) is 10.8. The number of rotatable bonds is 3. The van der Waals surface area contributed by atoms with Crippen LogP contribution < -0.4 is 5.32 Å². The molecule has 2 aromatic rings. The number of aryl methyl sites for hydroxylation is 2. The first-order chi connectivity index (χ1) is 9.19. The monoisotopic (exact) mass is 251 g/mol. The molecular formula is C14H13N5. The highest BCUT2D eigenvalue weighted by Crippen LogP contribution is 2.20. The highest BCUT2D eigenvalue weighted by molar-refractivity contribution is 5.80. The quantitative estimate of drug-likeness (QED) is 0.851. The number of anilines is 1. The van der Waals surface area contributed by atoms with Crippen molar-refractivity contribution in [1.82, 2.24) is 9.55 Å². The second kappa shape index (κ2) is 5.24. The Morgan fingerprint density at radius 2 is 2.16 bits per heavy atom. The van der Waals surface area contributed by atoms with E-state index in [1.165, 1.54) is 6.20 Å². The standard InChI is InChI=1S/C14H13N5/c1-3-19-10(2)18-13-6-12(4-5-14(13)19)17-9-11(7-15)8-16/h4-6,9,17H,3H2,1-2H3. The molecule has 1 aromatic heterocycles. The lowest BCUT2D eigenvalue weighted by Gasteiger charge is -2.03. The largest absolute Gasteiger partial charge is 0.360 e. The molecule has 0 aliphatic rings. The number of aromatic nitrogens is 2. The Morgan fingerprint density at radius 3 is 2.79 bits per heavy atom. The number of nitrogens with one attached hydrogen (secondary N) is 1. The highest BCUT2D eigenvalue weighted by atomic mass is 15.1. The van der Waals surface area contributed by atoms with Crippen molar-refractivity contribution in [2.75, 3.05) is 5.32 Å². The van der Waals surface area contributed by atoms with E-state index in [2.05, 4.69) is 21.8 Å². The predicted molar refractivity (Wildman–Crippen MR) is 73.1 cm³/mol. The molecule has 5 nitrogen and oxygen atoms in total. The summed E-state index contributed by atoms with van der Waals surface area (Å²) in [5.41, 5.74) is 2.81. The van der Waals surface area contributed by atoms with Crippen LogP contribution in [0.15, 0.2) is 30.0 Å². The summed E-state index contributed by atoms with van der Waals surface area (Å²) >= 11 is 0. The van der Waals surface area contributed by atoms with Gasteiger partial charge in [-0.3, -0.25) is 0 Å². The number of benzene rings is 1. The van der Waals surface area contributed by atoms with Gasteiger partial charge in [0.2, 0.25) is 0 Å². The van der Waals surface area contributed by atoms with Crippen LogP contribution in [0, 0.1) is 29.6 Å². The van der Waals surface area contributed by atoms with Crippen LogP contribution in [-0.2, 0) is 6.54 Å². The molecule has 0 bridgehead atoms. The summed E-state index contributed by atoms with van der Waals surface area (Å²) < 4.78 is 2.13. The Morgan fingerprint density at radius 1 is 1.42 bits per heavy atom. The predicted octanol–water partition coefficient (Wildman–Crippen LogP) is 2.71. The maximum absolute atomic E-state index is 8.65. The molecule has 0 atom stereocenters. The molecule has 1 N–H and O–H groups in total. The van der Waals surface area contributed by atoms with Crippen molar-refractivity contribution >= 4 is 16.7 Å². The van der Waals surface area contributed by atoms with Gasteiger partial charge in [-0.25, -0.2) is 4.98 Å². The van der Waals surface area contributed by atoms with E-state index in [9.17, 15) is 0 Å². The second-order valence-electron chi connectivity index (χ2n) is 4.03. The average molecular weight is 251 g/mol. The summed E-state index contributed by atoms with van der Waals surface area (Å²) in [6.07, 6.45) is 1.39. The van der Waals surface area contributed by atoms with Crippen LogP contribution in [0.5, 0.6) is 0 Å². The van der Waals surface area contributed by atoms with Crippen molar-refractivity contribution in [1.29, 1.82) is 10.5 Å². The minimum absolute atomic E-state index is 0.0374. The zero-order chi connectivity index (χ0) is 13.8. The SMILES string of the molecule is CCn1c(C)nc2cc(NC=C(C#N)C#N)ccc21. The van der Waals surface area contributed by atoms with Gasteiger partial charge in [0.1, 0.15) is 23.5 Å². The molecule has 0 spiro atoms. The second-order valence-corrected chi connectivity index (χ2v) is 4.03. The van der Waals surface area contributed by atoms with Crippen molar-refractivity contribution in [3.63, 3.8) is 0 Å². The summed E-state index contributed by atoms with van der Waals surface area (Å²) in [5, 5.41) is 20.2. The molecule has 0 fully saturated rings. The maximum atomic E-state index is 8.65. The third-order valence-electron chi connectivity index (χ3n) is 2.88. The van der Waals surface area contributed by atoms with Crippen molar-refractivity contribution in [3.05, 3.63) is 35.8 Å². The molecule has 0 unspecified atom stereocenters.